The van der Waals surface area contributed by atoms with Crippen LogP contribution in [0.15, 0.2) is 18.2 Å². The minimum absolute atomic E-state index is 0.123. The molecular weight excluding hydrogens is 239 g/mol. The monoisotopic (exact) mass is 252 g/mol. The van der Waals surface area contributed by atoms with Gasteiger partial charge in [0.2, 0.25) is 5.91 Å². The van der Waals surface area contributed by atoms with Gasteiger partial charge in [0.15, 0.2) is 0 Å². The summed E-state index contributed by atoms with van der Waals surface area (Å²) in [6.07, 6.45) is 1.84. The van der Waals surface area contributed by atoms with Gasteiger partial charge in [0, 0.05) is 5.69 Å². The summed E-state index contributed by atoms with van der Waals surface area (Å²) in [5.74, 6) is 5.00. The molecule has 1 rings (SSSR count). The maximum absolute atomic E-state index is 13.3. The van der Waals surface area contributed by atoms with Gasteiger partial charge in [-0.3, -0.25) is 4.79 Å². The SMILES string of the molecule is CSCC(=O)Nc1ccc(F)c(C#CCN)c1. The van der Waals surface area contributed by atoms with E-state index in [1.165, 1.54) is 30.0 Å². The Balaban J connectivity index is 2.85. The van der Waals surface area contributed by atoms with Crippen molar-refractivity contribution in [1.29, 1.82) is 0 Å². The van der Waals surface area contributed by atoms with Gasteiger partial charge in [-0.05, 0) is 24.5 Å². The maximum atomic E-state index is 13.3. The zero-order valence-electron chi connectivity index (χ0n) is 9.42. The number of nitrogens with two attached hydrogens (primary N) is 1. The highest BCUT2D eigenvalue weighted by Gasteiger charge is 2.04. The highest BCUT2D eigenvalue weighted by atomic mass is 32.2. The van der Waals surface area contributed by atoms with Crippen molar-refractivity contribution < 1.29 is 9.18 Å². The minimum atomic E-state index is -0.422. The molecule has 0 atom stereocenters. The molecule has 0 heterocycles. The van der Waals surface area contributed by atoms with Gasteiger partial charge in [0.05, 0.1) is 17.9 Å². The molecule has 0 unspecified atom stereocenters. The first-order valence-corrected chi connectivity index (χ1v) is 6.34. The van der Waals surface area contributed by atoms with E-state index in [4.69, 9.17) is 5.73 Å². The quantitative estimate of drug-likeness (QED) is 0.800. The van der Waals surface area contributed by atoms with E-state index in [-0.39, 0.29) is 18.0 Å². The van der Waals surface area contributed by atoms with E-state index in [2.05, 4.69) is 17.2 Å². The van der Waals surface area contributed by atoms with Crippen LogP contribution in [0.2, 0.25) is 0 Å². The number of halogens is 1. The van der Waals surface area contributed by atoms with Crippen LogP contribution in [0.25, 0.3) is 0 Å². The number of nitrogens with one attached hydrogen (secondary N) is 1. The molecule has 1 amide bonds. The molecule has 0 aliphatic rings. The number of carbonyl (C=O) groups excluding carboxylic acids is 1. The first-order chi connectivity index (χ1) is 8.17. The lowest BCUT2D eigenvalue weighted by molar-refractivity contribution is -0.113. The molecule has 0 spiro atoms. The van der Waals surface area contributed by atoms with Crippen molar-refractivity contribution >= 4 is 23.4 Å². The van der Waals surface area contributed by atoms with Crippen LogP contribution in [0.5, 0.6) is 0 Å². The second-order valence-corrected chi connectivity index (χ2v) is 4.05. The molecule has 90 valence electrons. The fourth-order valence-electron chi connectivity index (χ4n) is 1.17. The van der Waals surface area contributed by atoms with Crippen molar-refractivity contribution in [3.05, 3.63) is 29.6 Å². The number of anilines is 1. The first-order valence-electron chi connectivity index (χ1n) is 4.94. The molecule has 1 aromatic carbocycles. The van der Waals surface area contributed by atoms with Crippen molar-refractivity contribution in [2.75, 3.05) is 23.9 Å². The lowest BCUT2D eigenvalue weighted by Crippen LogP contribution is -2.13. The van der Waals surface area contributed by atoms with Gasteiger partial charge in [-0.25, -0.2) is 4.39 Å². The summed E-state index contributed by atoms with van der Waals surface area (Å²) >= 11 is 1.42. The predicted molar refractivity (Wildman–Crippen MR) is 69.3 cm³/mol. The van der Waals surface area contributed by atoms with Crippen LogP contribution >= 0.6 is 11.8 Å². The Morgan fingerprint density at radius 1 is 1.59 bits per heavy atom. The third-order valence-corrected chi connectivity index (χ3v) is 2.40. The second kappa shape index (κ2) is 6.94. The van der Waals surface area contributed by atoms with Gasteiger partial charge in [-0.2, -0.15) is 11.8 Å². The predicted octanol–water partition coefficient (Wildman–Crippen LogP) is 1.44. The van der Waals surface area contributed by atoms with Crippen molar-refractivity contribution in [1.82, 2.24) is 0 Å². The number of carbonyl (C=O) groups is 1. The smallest absolute Gasteiger partial charge is 0.234 e. The van der Waals surface area contributed by atoms with E-state index in [0.717, 1.165) is 0 Å². The van der Waals surface area contributed by atoms with Crippen LogP contribution in [0.1, 0.15) is 5.56 Å². The Morgan fingerprint density at radius 3 is 3.00 bits per heavy atom. The summed E-state index contributed by atoms with van der Waals surface area (Å²) in [4.78, 5) is 11.3. The molecule has 0 radical (unpaired) electrons. The molecule has 0 aromatic heterocycles. The van der Waals surface area contributed by atoms with Gasteiger partial charge >= 0.3 is 0 Å². The summed E-state index contributed by atoms with van der Waals surface area (Å²) in [7, 11) is 0. The fraction of sp³-hybridized carbons (Fsp3) is 0.250. The number of amides is 1. The van der Waals surface area contributed by atoms with E-state index in [0.29, 0.717) is 11.4 Å². The fourth-order valence-corrected chi connectivity index (χ4v) is 1.51. The molecule has 3 N–H and O–H groups in total. The third kappa shape index (κ3) is 4.47. The summed E-state index contributed by atoms with van der Waals surface area (Å²) in [5, 5.41) is 2.66. The average Bonchev–Trinajstić information content (AvgIpc) is 2.30. The van der Waals surface area contributed by atoms with Crippen LogP contribution in [0.3, 0.4) is 0 Å². The van der Waals surface area contributed by atoms with Crippen LogP contribution < -0.4 is 11.1 Å². The summed E-state index contributed by atoms with van der Waals surface area (Å²) in [5.41, 5.74) is 5.98. The van der Waals surface area contributed by atoms with Gasteiger partial charge < -0.3 is 11.1 Å². The van der Waals surface area contributed by atoms with E-state index in [9.17, 15) is 9.18 Å². The number of hydrogen-bond donors (Lipinski definition) is 2. The summed E-state index contributed by atoms with van der Waals surface area (Å²) in [6, 6.07) is 4.27. The van der Waals surface area contributed by atoms with Gasteiger partial charge in [-0.1, -0.05) is 11.8 Å². The Bertz CT molecular complexity index is 465. The molecule has 5 heteroatoms. The first kappa shape index (κ1) is 13.6. The van der Waals surface area contributed by atoms with Crippen molar-refractivity contribution in [3.63, 3.8) is 0 Å². The van der Waals surface area contributed by atoms with Crippen LogP contribution in [-0.2, 0) is 4.79 Å². The Hall–Kier alpha value is -1.51. The largest absolute Gasteiger partial charge is 0.325 e. The van der Waals surface area contributed by atoms with Crippen LogP contribution in [0.4, 0.5) is 10.1 Å². The molecule has 1 aromatic rings. The zero-order chi connectivity index (χ0) is 12.7. The van der Waals surface area contributed by atoms with E-state index >= 15 is 0 Å². The molecule has 3 nitrogen and oxygen atoms in total. The molecule has 0 saturated heterocycles. The number of benzene rings is 1. The molecule has 0 aliphatic carbocycles. The number of thioether (sulfide) groups is 1. The Labute approximate surface area is 104 Å². The van der Waals surface area contributed by atoms with E-state index < -0.39 is 5.82 Å². The van der Waals surface area contributed by atoms with Crippen LogP contribution in [-0.4, -0.2) is 24.5 Å². The second-order valence-electron chi connectivity index (χ2n) is 3.18. The van der Waals surface area contributed by atoms with E-state index in [1.54, 1.807) is 0 Å². The Morgan fingerprint density at radius 2 is 2.35 bits per heavy atom. The zero-order valence-corrected chi connectivity index (χ0v) is 10.2. The van der Waals surface area contributed by atoms with Crippen molar-refractivity contribution in [2.24, 2.45) is 5.73 Å². The lowest BCUT2D eigenvalue weighted by Gasteiger charge is -2.05. The summed E-state index contributed by atoms with van der Waals surface area (Å²) < 4.78 is 13.3. The van der Waals surface area contributed by atoms with Crippen molar-refractivity contribution in [3.8, 4) is 11.8 Å². The standard InChI is InChI=1S/C12H13FN2OS/c1-17-8-12(16)15-10-4-5-11(13)9(7-10)3-2-6-14/h4-5,7H,6,8,14H2,1H3,(H,15,16). The van der Waals surface area contributed by atoms with Gasteiger partial charge in [0.25, 0.3) is 0 Å². The average molecular weight is 252 g/mol. The molecular formula is C12H13FN2OS. The third-order valence-electron chi connectivity index (χ3n) is 1.85. The highest BCUT2D eigenvalue weighted by molar-refractivity contribution is 7.99. The van der Waals surface area contributed by atoms with Crippen LogP contribution in [0, 0.1) is 17.7 Å². The normalized spacial score (nSPS) is 9.35. The molecule has 0 bridgehead atoms. The minimum Gasteiger partial charge on any atom is -0.325 e. The number of rotatable bonds is 3. The van der Waals surface area contributed by atoms with E-state index in [1.807, 2.05) is 6.26 Å². The lowest BCUT2D eigenvalue weighted by atomic mass is 10.2. The van der Waals surface area contributed by atoms with Crippen molar-refractivity contribution in [2.45, 2.75) is 0 Å². The molecule has 0 saturated carbocycles. The molecule has 0 aliphatic heterocycles. The molecule has 17 heavy (non-hydrogen) atoms. The molecule has 0 fully saturated rings. The number of hydrogen-bond acceptors (Lipinski definition) is 3. The highest BCUT2D eigenvalue weighted by Crippen LogP contribution is 2.14. The van der Waals surface area contributed by atoms with Gasteiger partial charge in [-0.15, -0.1) is 0 Å². The Kier molecular flexibility index (Phi) is 5.53. The maximum Gasteiger partial charge on any atom is 0.234 e. The van der Waals surface area contributed by atoms with Gasteiger partial charge in [0.1, 0.15) is 5.82 Å². The summed E-state index contributed by atoms with van der Waals surface area (Å²) in [6.45, 7) is 0.169. The topological polar surface area (TPSA) is 55.1 Å².